The lowest BCUT2D eigenvalue weighted by molar-refractivity contribution is -0.229. The number of amides is 1. The number of esters is 1. The van der Waals surface area contributed by atoms with Gasteiger partial charge >= 0.3 is 11.9 Å². The van der Waals surface area contributed by atoms with Crippen LogP contribution in [0.25, 0.3) is 0 Å². The van der Waals surface area contributed by atoms with Crippen LogP contribution in [0.2, 0.25) is 0 Å². The third-order valence-corrected chi connectivity index (χ3v) is 9.87. The van der Waals surface area contributed by atoms with Gasteiger partial charge in [0.25, 0.3) is 0 Å². The van der Waals surface area contributed by atoms with Crippen molar-refractivity contribution in [1.82, 2.24) is 5.32 Å². The van der Waals surface area contributed by atoms with Gasteiger partial charge in [-0.25, -0.2) is 0 Å². The number of rotatable bonds is 7. The average molecular weight is 504 g/mol. The standard InChI is InChI=1S/C27H37NO8/c1-14-15-8-9-16-26(4)11-10-18(29)25(2,3)17(26)12-19(30)27(16,23(14)35)24(15)36-22(34)7-5-6-20(31)28-13-21(32)33/h15-17,19,24,30H,1,5-13H2,2-4H3,(H,28,31)(H,32,33)/t15?,16?,17-,19?,24?,26+,27?/m1/s1. The maximum Gasteiger partial charge on any atom is 0.322 e. The number of carbonyl (C=O) groups is 5. The first kappa shape index (κ1) is 26.5. The van der Waals surface area contributed by atoms with E-state index in [9.17, 15) is 29.1 Å². The summed E-state index contributed by atoms with van der Waals surface area (Å²) in [4.78, 5) is 61.8. The van der Waals surface area contributed by atoms with Crippen molar-refractivity contribution < 1.29 is 38.9 Å². The normalized spacial score (nSPS) is 38.7. The Morgan fingerprint density at radius 2 is 1.81 bits per heavy atom. The van der Waals surface area contributed by atoms with Gasteiger partial charge in [0.1, 0.15) is 18.4 Å². The molecule has 2 bridgehead atoms. The summed E-state index contributed by atoms with van der Waals surface area (Å²) in [5, 5.41) is 22.5. The molecule has 9 heteroatoms. The van der Waals surface area contributed by atoms with Gasteiger partial charge in [0.05, 0.1) is 11.5 Å². The second-order valence-electron chi connectivity index (χ2n) is 11.9. The number of carboxylic acid groups (broad SMARTS) is 1. The lowest BCUT2D eigenvalue weighted by Crippen LogP contribution is -2.68. The van der Waals surface area contributed by atoms with Crippen molar-refractivity contribution in [1.29, 1.82) is 0 Å². The van der Waals surface area contributed by atoms with Crippen molar-refractivity contribution in [2.45, 2.75) is 84.3 Å². The number of aliphatic hydroxyl groups excluding tert-OH is 1. The number of ketones is 2. The van der Waals surface area contributed by atoms with Crippen LogP contribution in [-0.2, 0) is 28.7 Å². The van der Waals surface area contributed by atoms with Gasteiger partial charge in [-0.1, -0.05) is 27.4 Å². The fraction of sp³-hybridized carbons (Fsp3) is 0.741. The molecule has 0 saturated heterocycles. The summed E-state index contributed by atoms with van der Waals surface area (Å²) in [5.41, 5.74) is -1.85. The van der Waals surface area contributed by atoms with Crippen LogP contribution in [0.3, 0.4) is 0 Å². The van der Waals surface area contributed by atoms with Crippen molar-refractivity contribution >= 4 is 29.4 Å². The maximum absolute atomic E-state index is 13.8. The monoisotopic (exact) mass is 503 g/mol. The number of hydrogen-bond acceptors (Lipinski definition) is 7. The van der Waals surface area contributed by atoms with Crippen molar-refractivity contribution in [2.75, 3.05) is 6.54 Å². The molecular weight excluding hydrogens is 466 g/mol. The van der Waals surface area contributed by atoms with E-state index in [4.69, 9.17) is 9.84 Å². The Hall–Kier alpha value is -2.55. The Bertz CT molecular complexity index is 1020. The first-order valence-corrected chi connectivity index (χ1v) is 12.9. The number of carbonyl (C=O) groups excluding carboxylic acids is 4. The first-order valence-electron chi connectivity index (χ1n) is 12.9. The molecule has 1 spiro atoms. The van der Waals surface area contributed by atoms with Gasteiger partial charge < -0.3 is 20.3 Å². The van der Waals surface area contributed by atoms with Crippen LogP contribution in [0.4, 0.5) is 0 Å². The Morgan fingerprint density at radius 3 is 2.47 bits per heavy atom. The third kappa shape index (κ3) is 3.81. The summed E-state index contributed by atoms with van der Waals surface area (Å²) < 4.78 is 5.95. The Labute approximate surface area is 211 Å². The molecule has 9 nitrogen and oxygen atoms in total. The predicted molar refractivity (Wildman–Crippen MR) is 127 cm³/mol. The summed E-state index contributed by atoms with van der Waals surface area (Å²) in [6.07, 6.45) is 0.867. The van der Waals surface area contributed by atoms with Gasteiger partial charge in [0.2, 0.25) is 5.91 Å². The number of hydrogen-bond donors (Lipinski definition) is 3. The van der Waals surface area contributed by atoms with E-state index >= 15 is 0 Å². The molecule has 1 amide bonds. The van der Waals surface area contributed by atoms with E-state index in [2.05, 4.69) is 18.8 Å². The fourth-order valence-corrected chi connectivity index (χ4v) is 8.14. The van der Waals surface area contributed by atoms with E-state index in [0.717, 1.165) is 0 Å². The fourth-order valence-electron chi connectivity index (χ4n) is 8.14. The molecule has 3 N–H and O–H groups in total. The Morgan fingerprint density at radius 1 is 1.11 bits per heavy atom. The van der Waals surface area contributed by atoms with Crippen LogP contribution in [-0.4, -0.2) is 58.4 Å². The molecule has 4 aliphatic carbocycles. The predicted octanol–water partition coefficient (Wildman–Crippen LogP) is 2.20. The van der Waals surface area contributed by atoms with Crippen molar-refractivity contribution in [2.24, 2.45) is 34.0 Å². The minimum atomic E-state index is -1.27. The number of aliphatic hydroxyl groups is 1. The second kappa shape index (κ2) is 9.08. The van der Waals surface area contributed by atoms with Crippen molar-refractivity contribution in [3.63, 3.8) is 0 Å². The molecule has 4 saturated carbocycles. The summed E-state index contributed by atoms with van der Waals surface area (Å²) in [5.74, 6) is -2.91. The third-order valence-electron chi connectivity index (χ3n) is 9.87. The number of ether oxygens (including phenoxy) is 1. The average Bonchev–Trinajstić information content (AvgIpc) is 2.92. The molecule has 0 aromatic rings. The van der Waals surface area contributed by atoms with Gasteiger partial charge in [-0.15, -0.1) is 0 Å². The van der Waals surface area contributed by atoms with E-state index in [1.54, 1.807) is 0 Å². The molecule has 4 rings (SSSR count). The van der Waals surface area contributed by atoms with Gasteiger partial charge in [-0.05, 0) is 54.9 Å². The van der Waals surface area contributed by atoms with E-state index in [1.165, 1.54) is 0 Å². The molecule has 0 aromatic heterocycles. The van der Waals surface area contributed by atoms with Gasteiger partial charge in [-0.2, -0.15) is 0 Å². The second-order valence-corrected chi connectivity index (χ2v) is 11.9. The van der Waals surface area contributed by atoms with Crippen LogP contribution in [0.1, 0.15) is 72.1 Å². The number of nitrogens with one attached hydrogen (secondary N) is 1. The number of Topliss-reactive ketones (excluding diaryl/α,β-unsaturated/α-hetero) is 2. The molecule has 198 valence electrons. The molecule has 0 radical (unpaired) electrons. The highest BCUT2D eigenvalue weighted by molar-refractivity contribution is 6.05. The quantitative estimate of drug-likeness (QED) is 0.354. The summed E-state index contributed by atoms with van der Waals surface area (Å²) in [6.45, 7) is 9.56. The number of fused-ring (bicyclic) bond motifs is 3. The molecular formula is C27H37NO8. The number of carboxylic acids is 1. The zero-order valence-corrected chi connectivity index (χ0v) is 21.3. The van der Waals surface area contributed by atoms with Crippen LogP contribution < -0.4 is 5.32 Å². The summed E-state index contributed by atoms with van der Waals surface area (Å²) >= 11 is 0. The molecule has 5 unspecified atom stereocenters. The lowest BCUT2D eigenvalue weighted by Gasteiger charge is -2.64. The number of aliphatic carboxylic acids is 1. The lowest BCUT2D eigenvalue weighted by atomic mass is 9.39. The Kier molecular flexibility index (Phi) is 6.69. The zero-order valence-electron chi connectivity index (χ0n) is 21.3. The SMILES string of the molecule is C=C1C(=O)C23C(O)C[C@@H]4C(C)(C)C(=O)CC[C@@]4(C)C2CCC1C3OC(=O)CCCC(=O)NCC(=O)O. The molecule has 0 aliphatic heterocycles. The molecule has 0 aromatic carbocycles. The maximum atomic E-state index is 13.8. The van der Waals surface area contributed by atoms with Crippen molar-refractivity contribution in [3.05, 3.63) is 12.2 Å². The van der Waals surface area contributed by atoms with E-state index in [-0.39, 0.29) is 60.4 Å². The highest BCUT2D eigenvalue weighted by Crippen LogP contribution is 2.71. The molecule has 36 heavy (non-hydrogen) atoms. The van der Waals surface area contributed by atoms with Gasteiger partial charge in [0.15, 0.2) is 5.78 Å². The van der Waals surface area contributed by atoms with Crippen LogP contribution in [0.5, 0.6) is 0 Å². The molecule has 7 atom stereocenters. The van der Waals surface area contributed by atoms with Crippen LogP contribution >= 0.6 is 0 Å². The molecule has 4 aliphatic rings. The summed E-state index contributed by atoms with van der Waals surface area (Å²) in [6, 6.07) is 0. The minimum Gasteiger partial charge on any atom is -0.480 e. The van der Waals surface area contributed by atoms with E-state index < -0.39 is 47.4 Å². The molecule has 4 fully saturated rings. The first-order chi connectivity index (χ1) is 16.8. The summed E-state index contributed by atoms with van der Waals surface area (Å²) in [7, 11) is 0. The van der Waals surface area contributed by atoms with E-state index in [0.29, 0.717) is 31.3 Å². The van der Waals surface area contributed by atoms with Crippen LogP contribution in [0, 0.1) is 34.0 Å². The van der Waals surface area contributed by atoms with Crippen molar-refractivity contribution in [3.8, 4) is 0 Å². The smallest absolute Gasteiger partial charge is 0.322 e. The largest absolute Gasteiger partial charge is 0.480 e. The molecule has 0 heterocycles. The van der Waals surface area contributed by atoms with Crippen LogP contribution in [0.15, 0.2) is 12.2 Å². The van der Waals surface area contributed by atoms with Gasteiger partial charge in [-0.3, -0.25) is 24.0 Å². The van der Waals surface area contributed by atoms with E-state index in [1.807, 2.05) is 13.8 Å². The minimum absolute atomic E-state index is 0.0264. The Balaban J connectivity index is 1.56. The highest BCUT2D eigenvalue weighted by atomic mass is 16.5. The van der Waals surface area contributed by atoms with Gasteiger partial charge in [0, 0.05) is 30.6 Å². The zero-order chi connectivity index (χ0) is 26.6. The highest BCUT2D eigenvalue weighted by Gasteiger charge is 2.75. The topological polar surface area (TPSA) is 147 Å².